The number of aliphatic hydroxyl groups excluding tert-OH is 1. The van der Waals surface area contributed by atoms with E-state index in [1.807, 2.05) is 71.8 Å². The average molecular weight is 434 g/mol. The molecule has 0 spiro atoms. The monoisotopic (exact) mass is 433 g/mol. The van der Waals surface area contributed by atoms with E-state index in [1.165, 1.54) is 5.56 Å². The van der Waals surface area contributed by atoms with Gasteiger partial charge in [-0.25, -0.2) is 0 Å². The molecule has 2 aromatic carbocycles. The van der Waals surface area contributed by atoms with Crippen LogP contribution in [0, 0.1) is 0 Å². The van der Waals surface area contributed by atoms with Gasteiger partial charge in [-0.05, 0) is 41.5 Å². The van der Waals surface area contributed by atoms with Crippen LogP contribution in [0.3, 0.4) is 0 Å². The molecular weight excluding hydrogens is 406 g/mol. The molecule has 1 saturated heterocycles. The van der Waals surface area contributed by atoms with Gasteiger partial charge in [0, 0.05) is 61.3 Å². The molecule has 1 amide bonds. The Morgan fingerprint density at radius 3 is 2.39 bits per heavy atom. The van der Waals surface area contributed by atoms with Crippen molar-refractivity contribution in [2.45, 2.75) is 16.8 Å². The Bertz CT molecular complexity index is 959. The molecule has 0 aliphatic carbocycles. The highest BCUT2D eigenvalue weighted by Gasteiger charge is 2.23. The van der Waals surface area contributed by atoms with Crippen LogP contribution < -0.4 is 0 Å². The molecule has 31 heavy (non-hydrogen) atoms. The summed E-state index contributed by atoms with van der Waals surface area (Å²) >= 11 is 1.74. The molecule has 0 radical (unpaired) electrons. The van der Waals surface area contributed by atoms with E-state index in [9.17, 15) is 9.90 Å². The molecule has 5 nitrogen and oxygen atoms in total. The van der Waals surface area contributed by atoms with Crippen molar-refractivity contribution in [1.29, 1.82) is 0 Å². The zero-order valence-electron chi connectivity index (χ0n) is 17.4. The summed E-state index contributed by atoms with van der Waals surface area (Å²) in [5.41, 5.74) is 2.84. The van der Waals surface area contributed by atoms with Gasteiger partial charge in [0.05, 0.1) is 6.10 Å². The van der Waals surface area contributed by atoms with Crippen molar-refractivity contribution in [2.75, 3.05) is 32.7 Å². The number of benzene rings is 2. The van der Waals surface area contributed by atoms with Gasteiger partial charge in [0.2, 0.25) is 0 Å². The first-order valence-electron chi connectivity index (χ1n) is 10.6. The first kappa shape index (κ1) is 21.6. The van der Waals surface area contributed by atoms with Crippen LogP contribution >= 0.6 is 11.8 Å². The highest BCUT2D eigenvalue weighted by atomic mass is 32.2. The lowest BCUT2D eigenvalue weighted by atomic mass is 10.1. The largest absolute Gasteiger partial charge is 0.387 e. The zero-order chi connectivity index (χ0) is 21.5. The van der Waals surface area contributed by atoms with Gasteiger partial charge < -0.3 is 10.0 Å². The summed E-state index contributed by atoms with van der Waals surface area (Å²) in [6.45, 7) is 3.49. The SMILES string of the molecule is O=C(c1ccc(SCc2cccnc2)cc1)N1CCN(CC(O)c2ccccc2)CC1. The minimum absolute atomic E-state index is 0.0760. The number of piperazine rings is 1. The Morgan fingerprint density at radius 2 is 1.71 bits per heavy atom. The Morgan fingerprint density at radius 1 is 0.968 bits per heavy atom. The number of carbonyl (C=O) groups is 1. The molecule has 1 aromatic heterocycles. The maximum Gasteiger partial charge on any atom is 0.253 e. The second-order valence-electron chi connectivity index (χ2n) is 7.69. The van der Waals surface area contributed by atoms with Gasteiger partial charge in [-0.1, -0.05) is 36.4 Å². The fourth-order valence-corrected chi connectivity index (χ4v) is 4.52. The summed E-state index contributed by atoms with van der Waals surface area (Å²) < 4.78 is 0. The van der Waals surface area contributed by atoms with Crippen molar-refractivity contribution in [1.82, 2.24) is 14.8 Å². The fraction of sp³-hybridized carbons (Fsp3) is 0.280. The molecule has 1 aliphatic heterocycles. The van der Waals surface area contributed by atoms with Gasteiger partial charge in [-0.3, -0.25) is 14.7 Å². The van der Waals surface area contributed by atoms with Gasteiger partial charge in [0.15, 0.2) is 0 Å². The summed E-state index contributed by atoms with van der Waals surface area (Å²) in [5.74, 6) is 0.935. The van der Waals surface area contributed by atoms with Gasteiger partial charge in [0.25, 0.3) is 5.91 Å². The van der Waals surface area contributed by atoms with Crippen LogP contribution in [0.5, 0.6) is 0 Å². The molecule has 4 rings (SSSR count). The number of rotatable bonds is 7. The van der Waals surface area contributed by atoms with E-state index in [0.717, 1.165) is 34.9 Å². The zero-order valence-corrected chi connectivity index (χ0v) is 18.2. The number of aliphatic hydroxyl groups is 1. The summed E-state index contributed by atoms with van der Waals surface area (Å²) in [6, 6.07) is 21.6. The quantitative estimate of drug-likeness (QED) is 0.574. The molecule has 3 aromatic rings. The third-order valence-corrected chi connectivity index (χ3v) is 6.59. The average Bonchev–Trinajstić information content (AvgIpc) is 2.84. The van der Waals surface area contributed by atoms with Gasteiger partial charge in [0.1, 0.15) is 0 Å². The van der Waals surface area contributed by atoms with Gasteiger partial charge in [-0.15, -0.1) is 11.8 Å². The van der Waals surface area contributed by atoms with Crippen LogP contribution in [0.1, 0.15) is 27.6 Å². The molecule has 2 heterocycles. The summed E-state index contributed by atoms with van der Waals surface area (Å²) in [5, 5.41) is 10.4. The van der Waals surface area contributed by atoms with Crippen LogP contribution in [0.2, 0.25) is 0 Å². The summed E-state index contributed by atoms with van der Waals surface area (Å²) in [4.78, 5) is 22.3. The number of aromatic nitrogens is 1. The van der Waals surface area contributed by atoms with Crippen LogP contribution in [0.15, 0.2) is 84.0 Å². The van der Waals surface area contributed by atoms with Crippen molar-refractivity contribution in [3.05, 3.63) is 95.8 Å². The van der Waals surface area contributed by atoms with Crippen LogP contribution in [-0.4, -0.2) is 58.5 Å². The normalized spacial score (nSPS) is 15.6. The summed E-state index contributed by atoms with van der Waals surface area (Å²) in [7, 11) is 0. The number of hydrogen-bond donors (Lipinski definition) is 1. The molecule has 160 valence electrons. The predicted octanol–water partition coefficient (Wildman–Crippen LogP) is 3.87. The van der Waals surface area contributed by atoms with E-state index < -0.39 is 6.10 Å². The minimum Gasteiger partial charge on any atom is -0.387 e. The smallest absolute Gasteiger partial charge is 0.253 e. The molecule has 1 fully saturated rings. The van der Waals surface area contributed by atoms with E-state index in [1.54, 1.807) is 18.0 Å². The number of carbonyl (C=O) groups excluding carboxylic acids is 1. The van der Waals surface area contributed by atoms with E-state index in [-0.39, 0.29) is 5.91 Å². The molecule has 0 saturated carbocycles. The molecule has 1 unspecified atom stereocenters. The Kier molecular flexibility index (Phi) is 7.35. The number of hydrogen-bond acceptors (Lipinski definition) is 5. The lowest BCUT2D eigenvalue weighted by Crippen LogP contribution is -2.49. The standard InChI is InChI=1S/C25H27N3O2S/c29-24(21-6-2-1-3-7-21)18-27-13-15-28(16-14-27)25(30)22-8-10-23(11-9-22)31-19-20-5-4-12-26-17-20/h1-12,17,24,29H,13-16,18-19H2. The first-order valence-corrected chi connectivity index (χ1v) is 11.5. The van der Waals surface area contributed by atoms with Gasteiger partial charge in [-0.2, -0.15) is 0 Å². The van der Waals surface area contributed by atoms with Crippen LogP contribution in [0.25, 0.3) is 0 Å². The molecule has 6 heteroatoms. The molecule has 1 N–H and O–H groups in total. The minimum atomic E-state index is -0.500. The second kappa shape index (κ2) is 10.6. The summed E-state index contributed by atoms with van der Waals surface area (Å²) in [6.07, 6.45) is 3.16. The third kappa shape index (κ3) is 5.94. The number of pyridine rings is 1. The van der Waals surface area contributed by atoms with E-state index >= 15 is 0 Å². The van der Waals surface area contributed by atoms with E-state index in [4.69, 9.17) is 0 Å². The maximum absolute atomic E-state index is 12.9. The van der Waals surface area contributed by atoms with Crippen molar-refractivity contribution >= 4 is 17.7 Å². The lowest BCUT2D eigenvalue weighted by Gasteiger charge is -2.35. The second-order valence-corrected chi connectivity index (χ2v) is 8.74. The lowest BCUT2D eigenvalue weighted by molar-refractivity contribution is 0.0527. The highest BCUT2D eigenvalue weighted by Crippen LogP contribution is 2.23. The fourth-order valence-electron chi connectivity index (χ4n) is 3.69. The topological polar surface area (TPSA) is 56.7 Å². The number of thioether (sulfide) groups is 1. The molecule has 0 bridgehead atoms. The van der Waals surface area contributed by atoms with E-state index in [0.29, 0.717) is 19.6 Å². The van der Waals surface area contributed by atoms with Crippen LogP contribution in [-0.2, 0) is 5.75 Å². The van der Waals surface area contributed by atoms with Crippen molar-refractivity contribution in [2.24, 2.45) is 0 Å². The van der Waals surface area contributed by atoms with Crippen LogP contribution in [0.4, 0.5) is 0 Å². The number of nitrogens with zero attached hydrogens (tertiary/aromatic N) is 3. The third-order valence-electron chi connectivity index (χ3n) is 5.50. The molecule has 1 atom stereocenters. The van der Waals surface area contributed by atoms with Crippen molar-refractivity contribution in [3.63, 3.8) is 0 Å². The van der Waals surface area contributed by atoms with Gasteiger partial charge >= 0.3 is 0 Å². The number of amides is 1. The highest BCUT2D eigenvalue weighted by molar-refractivity contribution is 7.98. The Hall–Kier alpha value is -2.67. The molecule has 1 aliphatic rings. The Balaban J connectivity index is 1.25. The molecular formula is C25H27N3O2S. The predicted molar refractivity (Wildman–Crippen MR) is 124 cm³/mol. The van der Waals surface area contributed by atoms with E-state index in [2.05, 4.69) is 16.0 Å². The van der Waals surface area contributed by atoms with Crippen molar-refractivity contribution < 1.29 is 9.90 Å². The maximum atomic E-state index is 12.9. The van der Waals surface area contributed by atoms with Crippen molar-refractivity contribution in [3.8, 4) is 0 Å². The first-order chi connectivity index (χ1) is 15.2. The number of β-amino-alcohol motifs (C(OH)–C–C–N with tert-alkyl or cyclic N) is 1. The Labute approximate surface area is 187 Å².